The molecule has 1 heterocycles. The lowest BCUT2D eigenvalue weighted by atomic mass is 10.0. The number of ether oxygens (including phenoxy) is 2. The molecule has 0 unspecified atom stereocenters. The Bertz CT molecular complexity index is 1600. The Morgan fingerprint density at radius 1 is 1.02 bits per heavy atom. The molecule has 0 N–H and O–H groups in total. The monoisotopic (exact) mass is 602 g/mol. The van der Waals surface area contributed by atoms with Gasteiger partial charge in [-0.05, 0) is 61.5 Å². The Morgan fingerprint density at radius 3 is 2.27 bits per heavy atom. The molecule has 40 heavy (non-hydrogen) atoms. The van der Waals surface area contributed by atoms with Gasteiger partial charge in [0, 0.05) is 18.0 Å². The van der Waals surface area contributed by atoms with Gasteiger partial charge in [0.25, 0.3) is 10.0 Å². The first-order chi connectivity index (χ1) is 19.1. The summed E-state index contributed by atoms with van der Waals surface area (Å²) in [4.78, 5) is 11.9. The number of carbonyl (C=O) groups excluding carboxylic acids is 1. The maximum atomic E-state index is 13.4. The topological polar surface area (TPSA) is 98.9 Å². The average molecular weight is 604 g/mol. The van der Waals surface area contributed by atoms with Crippen LogP contribution in [0.15, 0.2) is 76.1 Å². The third-order valence-corrected chi connectivity index (χ3v) is 8.71. The molecule has 8 nitrogen and oxygen atoms in total. The largest absolute Gasteiger partial charge is 0.489 e. The molecule has 0 amide bonds. The van der Waals surface area contributed by atoms with E-state index in [1.807, 2.05) is 13.8 Å². The molecule has 4 aromatic rings. The number of aromatic nitrogens is 1. The lowest BCUT2D eigenvalue weighted by molar-refractivity contribution is 0.0600. The molecular formula is C29H28Cl2N2O6S. The second-order valence-electron chi connectivity index (χ2n) is 9.10. The predicted molar refractivity (Wildman–Crippen MR) is 155 cm³/mol. The molecule has 0 aliphatic heterocycles. The number of anilines is 1. The van der Waals surface area contributed by atoms with Crippen molar-refractivity contribution in [3.05, 3.63) is 93.7 Å². The van der Waals surface area contributed by atoms with Gasteiger partial charge in [0.1, 0.15) is 23.8 Å². The summed E-state index contributed by atoms with van der Waals surface area (Å²) >= 11 is 12.9. The van der Waals surface area contributed by atoms with E-state index in [2.05, 4.69) is 5.16 Å². The van der Waals surface area contributed by atoms with E-state index >= 15 is 0 Å². The van der Waals surface area contributed by atoms with Gasteiger partial charge in [-0.25, -0.2) is 13.2 Å². The van der Waals surface area contributed by atoms with E-state index < -0.39 is 16.0 Å². The Balaban J connectivity index is 1.58. The maximum absolute atomic E-state index is 13.4. The van der Waals surface area contributed by atoms with Gasteiger partial charge in [0.2, 0.25) is 0 Å². The van der Waals surface area contributed by atoms with Crippen LogP contribution in [-0.4, -0.2) is 33.2 Å². The summed E-state index contributed by atoms with van der Waals surface area (Å²) in [5.41, 5.74) is 2.38. The summed E-state index contributed by atoms with van der Waals surface area (Å²) in [6.07, 6.45) is 0. The molecule has 0 aliphatic carbocycles. The molecule has 0 saturated carbocycles. The van der Waals surface area contributed by atoms with Crippen molar-refractivity contribution in [3.63, 3.8) is 0 Å². The lowest BCUT2D eigenvalue weighted by Crippen LogP contribution is -2.30. The highest BCUT2D eigenvalue weighted by atomic mass is 35.5. The molecule has 210 valence electrons. The van der Waals surface area contributed by atoms with Crippen LogP contribution in [0.3, 0.4) is 0 Å². The van der Waals surface area contributed by atoms with Crippen LogP contribution in [0.1, 0.15) is 48.4 Å². The summed E-state index contributed by atoms with van der Waals surface area (Å²) in [6, 6.07) is 17.6. The summed E-state index contributed by atoms with van der Waals surface area (Å²) in [7, 11) is -2.71. The van der Waals surface area contributed by atoms with E-state index in [1.165, 1.54) is 35.7 Å². The van der Waals surface area contributed by atoms with Crippen LogP contribution in [0.2, 0.25) is 10.0 Å². The van der Waals surface area contributed by atoms with Gasteiger partial charge in [-0.3, -0.25) is 4.31 Å². The molecule has 0 aliphatic rings. The summed E-state index contributed by atoms with van der Waals surface area (Å²) in [5.74, 6) is 0.580. The van der Waals surface area contributed by atoms with Gasteiger partial charge >= 0.3 is 5.97 Å². The van der Waals surface area contributed by atoms with Crippen LogP contribution in [0.5, 0.6) is 5.75 Å². The number of sulfonamides is 1. The Labute approximate surface area is 243 Å². The fourth-order valence-electron chi connectivity index (χ4n) is 4.22. The van der Waals surface area contributed by atoms with Crippen LogP contribution >= 0.6 is 23.2 Å². The van der Waals surface area contributed by atoms with E-state index in [4.69, 9.17) is 37.2 Å². The third kappa shape index (κ3) is 5.96. The SMILES string of the molecule is CCN(c1ccc(OCc2c(-c3c(Cl)cccc3Cl)noc2C(C)C)cc1)S(=O)(=O)c1cccc(C(=O)OC)c1. The molecule has 0 atom stereocenters. The van der Waals surface area contributed by atoms with Crippen LogP contribution in [0.25, 0.3) is 11.3 Å². The second-order valence-corrected chi connectivity index (χ2v) is 11.8. The average Bonchev–Trinajstić information content (AvgIpc) is 3.36. The van der Waals surface area contributed by atoms with Crippen molar-refractivity contribution in [2.75, 3.05) is 18.0 Å². The Kier molecular flexibility index (Phi) is 9.08. The first-order valence-corrected chi connectivity index (χ1v) is 14.6. The minimum atomic E-state index is -3.95. The highest BCUT2D eigenvalue weighted by Crippen LogP contribution is 2.39. The standard InChI is InChI=1S/C29H28Cl2N2O6S/c1-5-33(40(35,36)22-9-6-8-19(16-22)29(34)37-4)20-12-14-21(15-13-20)38-17-23-27(32-39-28(23)18(2)3)26-24(30)10-7-11-25(26)31/h6-16,18H,5,17H2,1-4H3. The highest BCUT2D eigenvalue weighted by Gasteiger charge is 2.26. The van der Waals surface area contributed by atoms with Crippen molar-refractivity contribution < 1.29 is 27.2 Å². The lowest BCUT2D eigenvalue weighted by Gasteiger charge is -2.23. The molecule has 11 heteroatoms. The van der Waals surface area contributed by atoms with Crippen molar-refractivity contribution in [2.45, 2.75) is 38.2 Å². The van der Waals surface area contributed by atoms with Gasteiger partial charge in [-0.15, -0.1) is 0 Å². The van der Waals surface area contributed by atoms with Gasteiger partial charge in [0.05, 0.1) is 38.9 Å². The molecule has 4 rings (SSSR count). The van der Waals surface area contributed by atoms with Gasteiger partial charge in [-0.2, -0.15) is 0 Å². The van der Waals surface area contributed by atoms with Crippen molar-refractivity contribution in [2.24, 2.45) is 0 Å². The number of carbonyl (C=O) groups is 1. The number of benzene rings is 3. The van der Waals surface area contributed by atoms with Crippen molar-refractivity contribution in [1.29, 1.82) is 0 Å². The molecular weight excluding hydrogens is 575 g/mol. The van der Waals surface area contributed by atoms with Crippen molar-refractivity contribution in [3.8, 4) is 17.0 Å². The summed E-state index contributed by atoms with van der Waals surface area (Å²) < 4.78 is 44.5. The smallest absolute Gasteiger partial charge is 0.337 e. The zero-order chi connectivity index (χ0) is 29.0. The van der Waals surface area contributed by atoms with Gasteiger partial charge in [0.15, 0.2) is 0 Å². The van der Waals surface area contributed by atoms with Crippen LogP contribution in [0.4, 0.5) is 5.69 Å². The van der Waals surface area contributed by atoms with Crippen LogP contribution < -0.4 is 9.04 Å². The number of esters is 1. The third-order valence-electron chi connectivity index (χ3n) is 6.18. The molecule has 1 aromatic heterocycles. The predicted octanol–water partition coefficient (Wildman–Crippen LogP) is 7.35. The first kappa shape index (κ1) is 29.5. The normalized spacial score (nSPS) is 11.5. The van der Waals surface area contributed by atoms with Crippen molar-refractivity contribution >= 4 is 44.9 Å². The minimum Gasteiger partial charge on any atom is -0.489 e. The number of rotatable bonds is 10. The van der Waals surface area contributed by atoms with Crippen LogP contribution in [0, 0.1) is 0 Å². The summed E-state index contributed by atoms with van der Waals surface area (Å²) in [5, 5.41) is 5.13. The van der Waals surface area contributed by atoms with Gasteiger partial charge in [-0.1, -0.05) is 54.3 Å². The molecule has 0 saturated heterocycles. The van der Waals surface area contributed by atoms with Crippen molar-refractivity contribution in [1.82, 2.24) is 5.16 Å². The zero-order valence-electron chi connectivity index (χ0n) is 22.4. The van der Waals surface area contributed by atoms with E-state index in [0.29, 0.717) is 38.5 Å². The quantitative estimate of drug-likeness (QED) is 0.175. The molecule has 0 radical (unpaired) electrons. The Hall–Kier alpha value is -3.53. The molecule has 0 bridgehead atoms. The van der Waals surface area contributed by atoms with E-state index in [-0.39, 0.29) is 29.5 Å². The number of methoxy groups -OCH3 is 1. The zero-order valence-corrected chi connectivity index (χ0v) is 24.7. The maximum Gasteiger partial charge on any atom is 0.337 e. The number of hydrogen-bond acceptors (Lipinski definition) is 7. The van der Waals surface area contributed by atoms with E-state index in [1.54, 1.807) is 49.4 Å². The number of halogens is 2. The summed E-state index contributed by atoms with van der Waals surface area (Å²) in [6.45, 7) is 6.00. The molecule has 0 fully saturated rings. The van der Waals surface area contributed by atoms with E-state index in [9.17, 15) is 13.2 Å². The number of nitrogens with zero attached hydrogens (tertiary/aromatic N) is 2. The highest BCUT2D eigenvalue weighted by molar-refractivity contribution is 7.92. The van der Waals surface area contributed by atoms with Crippen LogP contribution in [-0.2, 0) is 21.4 Å². The van der Waals surface area contributed by atoms with Gasteiger partial charge < -0.3 is 14.0 Å². The second kappa shape index (κ2) is 12.3. The molecule has 0 spiro atoms. The fraction of sp³-hybridized carbons (Fsp3) is 0.241. The molecule has 3 aromatic carbocycles. The number of hydrogen-bond donors (Lipinski definition) is 0. The minimum absolute atomic E-state index is 0.0167. The first-order valence-electron chi connectivity index (χ1n) is 12.4. The Morgan fingerprint density at radius 2 is 1.68 bits per heavy atom. The fourth-order valence-corrected chi connectivity index (χ4v) is 6.32. The van der Waals surface area contributed by atoms with E-state index in [0.717, 1.165) is 5.56 Å².